The average molecular weight is 196 g/mol. The summed E-state index contributed by atoms with van der Waals surface area (Å²) in [5.74, 6) is -0.0596. The van der Waals surface area contributed by atoms with Gasteiger partial charge < -0.3 is 5.32 Å². The Hall–Kier alpha value is -0.900. The molecule has 14 heavy (non-hydrogen) atoms. The van der Waals surface area contributed by atoms with Gasteiger partial charge in [-0.25, -0.2) is 0 Å². The van der Waals surface area contributed by atoms with Crippen LogP contribution in [-0.4, -0.2) is 36.3 Å². The lowest BCUT2D eigenvalue weighted by atomic mass is 10.00. The minimum absolute atomic E-state index is 0.0402. The highest BCUT2D eigenvalue weighted by Gasteiger charge is 2.49. The topological polar surface area (TPSA) is 49.4 Å². The summed E-state index contributed by atoms with van der Waals surface area (Å²) in [6, 6.07) is 0. The zero-order valence-electron chi connectivity index (χ0n) is 8.45. The molecule has 4 heteroatoms. The Balaban J connectivity index is 2.06. The summed E-state index contributed by atoms with van der Waals surface area (Å²) in [6.07, 6.45) is 1.94. The fourth-order valence-electron chi connectivity index (χ4n) is 2.24. The normalized spacial score (nSPS) is 31.4. The van der Waals surface area contributed by atoms with Crippen LogP contribution < -0.4 is 5.32 Å². The second kappa shape index (κ2) is 3.69. The minimum atomic E-state index is -0.0700. The molecule has 0 radical (unpaired) electrons. The van der Waals surface area contributed by atoms with Gasteiger partial charge in [-0.15, -0.1) is 0 Å². The average Bonchev–Trinajstić information content (AvgIpc) is 2.72. The molecular weight excluding hydrogens is 180 g/mol. The van der Waals surface area contributed by atoms with E-state index in [0.29, 0.717) is 19.6 Å². The number of rotatable bonds is 3. The van der Waals surface area contributed by atoms with Crippen molar-refractivity contribution in [3.05, 3.63) is 0 Å². The van der Waals surface area contributed by atoms with Gasteiger partial charge in [0.05, 0.1) is 11.8 Å². The van der Waals surface area contributed by atoms with E-state index >= 15 is 0 Å². The quantitative estimate of drug-likeness (QED) is 0.646. The van der Waals surface area contributed by atoms with Gasteiger partial charge in [0, 0.05) is 19.6 Å². The van der Waals surface area contributed by atoms with E-state index in [9.17, 15) is 9.59 Å². The first-order valence-corrected chi connectivity index (χ1v) is 5.31. The number of hydrogen-bond donors (Lipinski definition) is 1. The van der Waals surface area contributed by atoms with Crippen LogP contribution in [0.5, 0.6) is 0 Å². The molecule has 2 amide bonds. The first kappa shape index (κ1) is 9.65. The number of nitrogens with zero attached hydrogens (tertiary/aromatic N) is 1. The molecule has 1 N–H and O–H groups in total. The predicted octanol–water partition coefficient (Wildman–Crippen LogP) is -0.00910. The van der Waals surface area contributed by atoms with Crippen molar-refractivity contribution in [1.29, 1.82) is 0 Å². The van der Waals surface area contributed by atoms with Crippen molar-refractivity contribution >= 4 is 11.8 Å². The molecule has 0 unspecified atom stereocenters. The molecule has 2 atom stereocenters. The third-order valence-electron chi connectivity index (χ3n) is 3.12. The maximum Gasteiger partial charge on any atom is 0.234 e. The molecule has 2 aliphatic rings. The summed E-state index contributed by atoms with van der Waals surface area (Å²) in [7, 11) is 0. The standard InChI is InChI=1S/C10H16N2O2/c1-2-3-4-12-9(13)7-5-11-6-8(7)10(12)14/h7-8,11H,2-6H2,1H3/t7-,8+. The molecule has 0 spiro atoms. The highest BCUT2D eigenvalue weighted by Crippen LogP contribution is 2.29. The number of carbonyl (C=O) groups is 2. The van der Waals surface area contributed by atoms with Gasteiger partial charge in [-0.2, -0.15) is 0 Å². The van der Waals surface area contributed by atoms with Crippen LogP contribution in [0.15, 0.2) is 0 Å². The van der Waals surface area contributed by atoms with Crippen LogP contribution in [0.3, 0.4) is 0 Å². The van der Waals surface area contributed by atoms with Crippen LogP contribution in [0.4, 0.5) is 0 Å². The summed E-state index contributed by atoms with van der Waals surface area (Å²) >= 11 is 0. The van der Waals surface area contributed by atoms with E-state index in [1.165, 1.54) is 4.90 Å². The van der Waals surface area contributed by atoms with E-state index < -0.39 is 0 Å². The van der Waals surface area contributed by atoms with Crippen LogP contribution in [0.2, 0.25) is 0 Å². The summed E-state index contributed by atoms with van der Waals surface area (Å²) in [6.45, 7) is 4.03. The molecule has 0 aliphatic carbocycles. The largest absolute Gasteiger partial charge is 0.315 e. The van der Waals surface area contributed by atoms with Gasteiger partial charge in [-0.3, -0.25) is 14.5 Å². The van der Waals surface area contributed by atoms with Crippen LogP contribution in [0.1, 0.15) is 19.8 Å². The third-order valence-corrected chi connectivity index (χ3v) is 3.12. The Morgan fingerprint density at radius 1 is 1.29 bits per heavy atom. The second-order valence-corrected chi connectivity index (χ2v) is 4.05. The Bertz CT molecular complexity index is 243. The number of unbranched alkanes of at least 4 members (excludes halogenated alkanes) is 1. The molecule has 4 nitrogen and oxygen atoms in total. The van der Waals surface area contributed by atoms with Crippen molar-refractivity contribution in [1.82, 2.24) is 10.2 Å². The van der Waals surface area contributed by atoms with E-state index in [4.69, 9.17) is 0 Å². The summed E-state index contributed by atoms with van der Waals surface area (Å²) < 4.78 is 0. The fourth-order valence-corrected chi connectivity index (χ4v) is 2.24. The van der Waals surface area contributed by atoms with Gasteiger partial charge in [0.2, 0.25) is 11.8 Å². The number of imide groups is 1. The lowest BCUT2D eigenvalue weighted by Gasteiger charge is -2.14. The first-order chi connectivity index (χ1) is 6.75. The number of nitrogens with one attached hydrogen (secondary N) is 1. The SMILES string of the molecule is CCCCN1C(=O)[C@H]2CNC[C@H]2C1=O. The number of hydrogen-bond acceptors (Lipinski definition) is 3. The molecule has 0 aromatic carbocycles. The first-order valence-electron chi connectivity index (χ1n) is 5.31. The van der Waals surface area contributed by atoms with Crippen molar-refractivity contribution in [2.75, 3.05) is 19.6 Å². The van der Waals surface area contributed by atoms with E-state index in [1.807, 2.05) is 0 Å². The molecular formula is C10H16N2O2. The van der Waals surface area contributed by atoms with Gasteiger partial charge in [-0.05, 0) is 6.42 Å². The zero-order chi connectivity index (χ0) is 10.1. The van der Waals surface area contributed by atoms with Crippen LogP contribution in [-0.2, 0) is 9.59 Å². The smallest absolute Gasteiger partial charge is 0.234 e. The fraction of sp³-hybridized carbons (Fsp3) is 0.800. The molecule has 2 aliphatic heterocycles. The maximum absolute atomic E-state index is 11.8. The maximum atomic E-state index is 11.8. The Morgan fingerprint density at radius 2 is 1.86 bits per heavy atom. The van der Waals surface area contributed by atoms with Crippen molar-refractivity contribution in [2.45, 2.75) is 19.8 Å². The van der Waals surface area contributed by atoms with Crippen LogP contribution >= 0.6 is 0 Å². The molecule has 2 saturated heterocycles. The van der Waals surface area contributed by atoms with Gasteiger partial charge >= 0.3 is 0 Å². The van der Waals surface area contributed by atoms with Gasteiger partial charge in [-0.1, -0.05) is 13.3 Å². The number of fused-ring (bicyclic) bond motifs is 1. The van der Waals surface area contributed by atoms with Crippen LogP contribution in [0.25, 0.3) is 0 Å². The third kappa shape index (κ3) is 1.34. The van der Waals surface area contributed by atoms with E-state index in [1.54, 1.807) is 0 Å². The highest BCUT2D eigenvalue weighted by atomic mass is 16.2. The summed E-state index contributed by atoms with van der Waals surface area (Å²) in [5.41, 5.74) is 0. The summed E-state index contributed by atoms with van der Waals surface area (Å²) in [5, 5.41) is 3.09. The van der Waals surface area contributed by atoms with Gasteiger partial charge in [0.1, 0.15) is 0 Å². The molecule has 0 bridgehead atoms. The van der Waals surface area contributed by atoms with E-state index in [2.05, 4.69) is 12.2 Å². The van der Waals surface area contributed by atoms with Crippen molar-refractivity contribution in [3.8, 4) is 0 Å². The lowest BCUT2D eigenvalue weighted by Crippen LogP contribution is -2.35. The predicted molar refractivity (Wildman–Crippen MR) is 51.5 cm³/mol. The Kier molecular flexibility index (Phi) is 2.54. The molecule has 78 valence electrons. The van der Waals surface area contributed by atoms with E-state index in [0.717, 1.165) is 12.8 Å². The van der Waals surface area contributed by atoms with Crippen molar-refractivity contribution in [3.63, 3.8) is 0 Å². The molecule has 2 rings (SSSR count). The molecule has 2 heterocycles. The second-order valence-electron chi connectivity index (χ2n) is 4.05. The molecule has 0 aromatic heterocycles. The zero-order valence-corrected chi connectivity index (χ0v) is 8.45. The number of likely N-dealkylation sites (tertiary alicyclic amines) is 1. The molecule has 0 saturated carbocycles. The van der Waals surface area contributed by atoms with Gasteiger partial charge in [0.25, 0.3) is 0 Å². The Labute approximate surface area is 83.6 Å². The minimum Gasteiger partial charge on any atom is -0.315 e. The molecule has 2 fully saturated rings. The van der Waals surface area contributed by atoms with E-state index in [-0.39, 0.29) is 23.7 Å². The van der Waals surface area contributed by atoms with Crippen molar-refractivity contribution < 1.29 is 9.59 Å². The van der Waals surface area contributed by atoms with Crippen molar-refractivity contribution in [2.24, 2.45) is 11.8 Å². The van der Waals surface area contributed by atoms with Gasteiger partial charge in [0.15, 0.2) is 0 Å². The Morgan fingerprint density at radius 3 is 2.36 bits per heavy atom. The number of amides is 2. The number of carbonyl (C=O) groups excluding carboxylic acids is 2. The highest BCUT2D eigenvalue weighted by molar-refractivity contribution is 6.05. The summed E-state index contributed by atoms with van der Waals surface area (Å²) in [4.78, 5) is 25.0. The lowest BCUT2D eigenvalue weighted by molar-refractivity contribution is -0.140. The van der Waals surface area contributed by atoms with Crippen LogP contribution in [0, 0.1) is 11.8 Å². The molecule has 0 aromatic rings. The monoisotopic (exact) mass is 196 g/mol.